The summed E-state index contributed by atoms with van der Waals surface area (Å²) >= 11 is 6.90. The molecule has 13 heteroatoms. The van der Waals surface area contributed by atoms with Gasteiger partial charge in [0.2, 0.25) is 0 Å². The third-order valence-corrected chi connectivity index (χ3v) is 6.07. The van der Waals surface area contributed by atoms with Crippen molar-refractivity contribution in [2.75, 3.05) is 51.9 Å². The number of esters is 1. The molecule has 1 atom stereocenters. The van der Waals surface area contributed by atoms with Gasteiger partial charge >= 0.3 is 24.0 Å². The minimum Gasteiger partial charge on any atom is -0.465 e. The van der Waals surface area contributed by atoms with Crippen LogP contribution in [0.1, 0.15) is 15.2 Å². The summed E-state index contributed by atoms with van der Waals surface area (Å²) in [4.78, 5) is 26.8. The van der Waals surface area contributed by atoms with E-state index in [1.165, 1.54) is 18.4 Å². The molecule has 1 fully saturated rings. The van der Waals surface area contributed by atoms with Gasteiger partial charge in [0.25, 0.3) is 0 Å². The highest BCUT2D eigenvalue weighted by Crippen LogP contribution is 2.29. The Bertz CT molecular complexity index is 1030. The third-order valence-electron chi connectivity index (χ3n) is 4.64. The lowest BCUT2D eigenvalue weighted by Gasteiger charge is -2.34. The molecule has 3 rings (SSSR count). The second kappa shape index (κ2) is 13.0. The van der Waals surface area contributed by atoms with Gasteiger partial charge in [-0.1, -0.05) is 25.3 Å². The fraction of sp³-hybridized carbons (Fsp3) is 0.409. The lowest BCUT2D eigenvalue weighted by atomic mass is 10.2. The van der Waals surface area contributed by atoms with Crippen LogP contribution in [0.2, 0.25) is 0 Å². The molecule has 0 saturated carbocycles. The molecule has 3 heterocycles. The summed E-state index contributed by atoms with van der Waals surface area (Å²) in [5.74, 6) is -0.410. The van der Waals surface area contributed by atoms with Gasteiger partial charge in [0.1, 0.15) is 30.8 Å². The second-order valence-corrected chi connectivity index (χ2v) is 8.44. The minimum atomic E-state index is -0.410. The van der Waals surface area contributed by atoms with Crippen molar-refractivity contribution < 1.29 is 28.5 Å². The highest BCUT2D eigenvalue weighted by atomic mass is 32.1. The molecular weight excluding hydrogens is 494 g/mol. The molecule has 0 amide bonds. The van der Waals surface area contributed by atoms with Gasteiger partial charge in [-0.05, 0) is 30.1 Å². The SMILES string of the molecule is C=CCOc1nc(OCC=C)nc(OCC2CN(C(=S)Nc3c(C)csc3C(=O)OC)CCO2)n1. The molecule has 0 aromatic carbocycles. The fourth-order valence-electron chi connectivity index (χ4n) is 2.98. The molecule has 2 aromatic rings. The number of aromatic nitrogens is 3. The first-order valence-corrected chi connectivity index (χ1v) is 11.9. The van der Waals surface area contributed by atoms with Crippen molar-refractivity contribution in [1.82, 2.24) is 19.9 Å². The van der Waals surface area contributed by atoms with E-state index in [0.29, 0.717) is 35.4 Å². The molecule has 0 spiro atoms. The van der Waals surface area contributed by atoms with Gasteiger partial charge < -0.3 is 33.9 Å². The number of carbonyl (C=O) groups is 1. The van der Waals surface area contributed by atoms with Crippen molar-refractivity contribution in [3.05, 3.63) is 41.1 Å². The molecule has 1 saturated heterocycles. The van der Waals surface area contributed by atoms with E-state index in [1.54, 1.807) is 12.2 Å². The number of anilines is 1. The van der Waals surface area contributed by atoms with Crippen LogP contribution < -0.4 is 19.5 Å². The summed E-state index contributed by atoms with van der Waals surface area (Å²) in [6.07, 6.45) is 2.84. The van der Waals surface area contributed by atoms with E-state index in [-0.39, 0.29) is 44.0 Å². The summed E-state index contributed by atoms with van der Waals surface area (Å²) in [6, 6.07) is 0.146. The first kappa shape index (κ1) is 26.3. The predicted octanol–water partition coefficient (Wildman–Crippen LogP) is 2.63. The highest BCUT2D eigenvalue weighted by Gasteiger charge is 2.25. The number of nitrogens with zero attached hydrogens (tertiary/aromatic N) is 4. The molecule has 0 bridgehead atoms. The summed E-state index contributed by atoms with van der Waals surface area (Å²) in [7, 11) is 1.35. The zero-order valence-electron chi connectivity index (χ0n) is 19.5. The van der Waals surface area contributed by atoms with Gasteiger partial charge in [-0.3, -0.25) is 0 Å². The number of nitrogens with one attached hydrogen (secondary N) is 1. The van der Waals surface area contributed by atoms with Crippen molar-refractivity contribution in [3.8, 4) is 18.0 Å². The van der Waals surface area contributed by atoms with E-state index in [1.807, 2.05) is 17.2 Å². The maximum atomic E-state index is 12.1. The maximum Gasteiger partial charge on any atom is 0.350 e. The van der Waals surface area contributed by atoms with Crippen LogP contribution in [0.4, 0.5) is 5.69 Å². The van der Waals surface area contributed by atoms with Crippen molar-refractivity contribution in [1.29, 1.82) is 0 Å². The fourth-order valence-corrected chi connectivity index (χ4v) is 4.17. The zero-order valence-corrected chi connectivity index (χ0v) is 21.2. The van der Waals surface area contributed by atoms with Crippen LogP contribution in [0.5, 0.6) is 18.0 Å². The average molecular weight is 522 g/mol. The molecule has 2 aromatic heterocycles. The average Bonchev–Trinajstić information content (AvgIpc) is 3.24. The normalized spacial score (nSPS) is 15.1. The Balaban J connectivity index is 1.61. The van der Waals surface area contributed by atoms with Crippen molar-refractivity contribution in [3.63, 3.8) is 0 Å². The summed E-state index contributed by atoms with van der Waals surface area (Å²) < 4.78 is 27.2. The number of hydrogen-bond acceptors (Lipinski definition) is 11. The van der Waals surface area contributed by atoms with Gasteiger partial charge in [-0.25, -0.2) is 4.79 Å². The molecule has 188 valence electrons. The minimum absolute atomic E-state index is 0.0381. The van der Waals surface area contributed by atoms with Crippen LogP contribution in [0.3, 0.4) is 0 Å². The molecule has 1 N–H and O–H groups in total. The van der Waals surface area contributed by atoms with Crippen LogP contribution in [-0.4, -0.2) is 83.7 Å². The monoisotopic (exact) mass is 521 g/mol. The Kier molecular flexibility index (Phi) is 9.76. The highest BCUT2D eigenvalue weighted by molar-refractivity contribution is 7.80. The standard InChI is InChI=1S/C22H27N5O6S2/c1-5-8-31-19-24-20(32-9-6-2)26-21(25-19)33-12-15-11-27(7-10-30-15)22(34)23-16-14(3)13-35-17(16)18(28)29-4/h5-6,13,15H,1-2,7-12H2,3-4H3,(H,23,34). The molecule has 11 nitrogen and oxygen atoms in total. The zero-order chi connectivity index (χ0) is 25.2. The number of carbonyl (C=O) groups excluding carboxylic acids is 1. The van der Waals surface area contributed by atoms with Crippen molar-refractivity contribution >= 4 is 40.3 Å². The van der Waals surface area contributed by atoms with E-state index in [0.717, 1.165) is 5.56 Å². The van der Waals surface area contributed by atoms with Crippen molar-refractivity contribution in [2.24, 2.45) is 0 Å². The molecule has 0 aliphatic carbocycles. The van der Waals surface area contributed by atoms with E-state index in [4.69, 9.17) is 35.9 Å². The van der Waals surface area contributed by atoms with Crippen LogP contribution in [0.25, 0.3) is 0 Å². The number of rotatable bonds is 11. The van der Waals surface area contributed by atoms with Crippen LogP contribution in [-0.2, 0) is 9.47 Å². The number of aryl methyl sites for hydroxylation is 1. The van der Waals surface area contributed by atoms with Crippen LogP contribution in [0.15, 0.2) is 30.7 Å². The van der Waals surface area contributed by atoms with Gasteiger partial charge in [-0.2, -0.15) is 0 Å². The van der Waals surface area contributed by atoms with Gasteiger partial charge in [0, 0.05) is 13.1 Å². The van der Waals surface area contributed by atoms with Gasteiger partial charge in [-0.15, -0.1) is 26.3 Å². The summed E-state index contributed by atoms with van der Waals surface area (Å²) in [5.41, 5.74) is 1.56. The third kappa shape index (κ3) is 7.34. The number of methoxy groups -OCH3 is 1. The maximum absolute atomic E-state index is 12.1. The Morgan fingerprint density at radius 2 is 1.86 bits per heavy atom. The number of morpholine rings is 1. The largest absolute Gasteiger partial charge is 0.465 e. The number of thiocarbonyl (C=S) groups is 1. The molecule has 1 aliphatic rings. The first-order chi connectivity index (χ1) is 16.9. The van der Waals surface area contributed by atoms with Crippen molar-refractivity contribution in [2.45, 2.75) is 13.0 Å². The topological polar surface area (TPSA) is 117 Å². The molecule has 1 aliphatic heterocycles. The summed E-state index contributed by atoms with van der Waals surface area (Å²) in [5, 5.41) is 5.53. The predicted molar refractivity (Wildman–Crippen MR) is 135 cm³/mol. The molecule has 0 radical (unpaired) electrons. The number of hydrogen-bond donors (Lipinski definition) is 1. The molecule has 1 unspecified atom stereocenters. The second-order valence-electron chi connectivity index (χ2n) is 7.18. The Morgan fingerprint density at radius 1 is 1.23 bits per heavy atom. The van der Waals surface area contributed by atoms with E-state index >= 15 is 0 Å². The van der Waals surface area contributed by atoms with E-state index in [2.05, 4.69) is 33.4 Å². The molecular formula is C22H27N5O6S2. The van der Waals surface area contributed by atoms with Gasteiger partial charge in [0.05, 0.1) is 19.4 Å². The summed E-state index contributed by atoms with van der Waals surface area (Å²) in [6.45, 7) is 11.2. The van der Waals surface area contributed by atoms with Crippen LogP contribution >= 0.6 is 23.6 Å². The lowest BCUT2D eigenvalue weighted by Crippen LogP contribution is -2.49. The molecule has 35 heavy (non-hydrogen) atoms. The van der Waals surface area contributed by atoms with Gasteiger partial charge in [0.15, 0.2) is 5.11 Å². The van der Waals surface area contributed by atoms with E-state index in [9.17, 15) is 4.79 Å². The number of thiophene rings is 1. The number of ether oxygens (including phenoxy) is 5. The smallest absolute Gasteiger partial charge is 0.350 e. The van der Waals surface area contributed by atoms with E-state index < -0.39 is 5.97 Å². The van der Waals surface area contributed by atoms with Crippen LogP contribution in [0, 0.1) is 6.92 Å². The quantitative estimate of drug-likeness (QED) is 0.266. The lowest BCUT2D eigenvalue weighted by molar-refractivity contribution is -0.0298. The Hall–Kier alpha value is -3.29. The Morgan fingerprint density at radius 3 is 2.46 bits per heavy atom. The Labute approximate surface area is 212 Å². The first-order valence-electron chi connectivity index (χ1n) is 10.6.